The van der Waals surface area contributed by atoms with Gasteiger partial charge in [0.1, 0.15) is 0 Å². The summed E-state index contributed by atoms with van der Waals surface area (Å²) in [5.74, 6) is -0.606. The summed E-state index contributed by atoms with van der Waals surface area (Å²) in [6.07, 6.45) is 12.3. The Morgan fingerprint density at radius 3 is 1.71 bits per heavy atom. The van der Waals surface area contributed by atoms with Crippen LogP contribution >= 0.6 is 0 Å². The number of unbranched alkanes of at least 4 members (excludes halogenated alkanes) is 8. The van der Waals surface area contributed by atoms with E-state index in [1.165, 1.54) is 51.4 Å². The summed E-state index contributed by atoms with van der Waals surface area (Å²) in [4.78, 5) is 21.3. The number of nitrogens with one attached hydrogen (secondary N) is 1. The zero-order valence-electron chi connectivity index (χ0n) is 16.3. The third-order valence-electron chi connectivity index (χ3n) is 3.62. The minimum absolute atomic E-state index is 0.151. The zero-order chi connectivity index (χ0) is 18.8. The van der Waals surface area contributed by atoms with Crippen molar-refractivity contribution < 1.29 is 14.7 Å². The normalized spacial score (nSPS) is 10.7. The van der Waals surface area contributed by atoms with Gasteiger partial charge in [0.2, 0.25) is 5.91 Å². The molecule has 4 N–H and O–H groups in total. The first-order valence-corrected chi connectivity index (χ1v) is 9.45. The van der Waals surface area contributed by atoms with Crippen LogP contribution in [0.25, 0.3) is 0 Å². The molecule has 0 saturated carbocycles. The van der Waals surface area contributed by atoms with Crippen LogP contribution in [0.1, 0.15) is 91.9 Å². The van der Waals surface area contributed by atoms with E-state index in [1.807, 2.05) is 0 Å². The van der Waals surface area contributed by atoms with Gasteiger partial charge in [-0.2, -0.15) is 0 Å². The fraction of sp³-hybridized carbons (Fsp3) is 0.895. The molecule has 0 aromatic rings. The first kappa shape index (κ1) is 25.1. The lowest BCUT2D eigenvalue weighted by Gasteiger charge is -2.08. The van der Waals surface area contributed by atoms with Crippen molar-refractivity contribution in [1.82, 2.24) is 5.32 Å². The van der Waals surface area contributed by atoms with Gasteiger partial charge in [-0.3, -0.25) is 9.59 Å². The van der Waals surface area contributed by atoms with E-state index in [0.29, 0.717) is 19.5 Å². The van der Waals surface area contributed by atoms with E-state index in [1.54, 1.807) is 20.8 Å². The van der Waals surface area contributed by atoms with Crippen molar-refractivity contribution in [2.45, 2.75) is 91.9 Å². The third kappa shape index (κ3) is 20.9. The molecule has 0 unspecified atom stereocenters. The van der Waals surface area contributed by atoms with Gasteiger partial charge in [-0.15, -0.1) is 0 Å². The molecule has 144 valence electrons. The number of carboxylic acid groups (broad SMARTS) is 1. The van der Waals surface area contributed by atoms with E-state index in [-0.39, 0.29) is 5.91 Å². The minimum atomic E-state index is -0.757. The first-order chi connectivity index (χ1) is 11.3. The molecule has 1 amide bonds. The van der Waals surface area contributed by atoms with Crippen LogP contribution in [0.3, 0.4) is 0 Å². The van der Waals surface area contributed by atoms with Crippen LogP contribution in [0.4, 0.5) is 0 Å². The lowest BCUT2D eigenvalue weighted by atomic mass is 9.98. The van der Waals surface area contributed by atoms with Crippen LogP contribution in [0, 0.1) is 5.41 Å². The lowest BCUT2D eigenvalue weighted by molar-refractivity contribution is -0.145. The third-order valence-corrected chi connectivity index (χ3v) is 3.62. The number of rotatable bonds is 12. The molecule has 0 rings (SSSR count). The molecule has 0 atom stereocenters. The molecule has 0 fully saturated rings. The smallest absolute Gasteiger partial charge is 0.308 e. The number of hydrogen-bond acceptors (Lipinski definition) is 3. The monoisotopic (exact) mass is 344 g/mol. The Kier molecular flexibility index (Phi) is 17.5. The quantitative estimate of drug-likeness (QED) is 0.465. The highest BCUT2D eigenvalue weighted by Crippen LogP contribution is 2.11. The topological polar surface area (TPSA) is 92.4 Å². The van der Waals surface area contributed by atoms with Gasteiger partial charge in [0.05, 0.1) is 5.41 Å². The van der Waals surface area contributed by atoms with Gasteiger partial charge < -0.3 is 16.2 Å². The van der Waals surface area contributed by atoms with Gasteiger partial charge in [0.25, 0.3) is 0 Å². The molecule has 5 heteroatoms. The lowest BCUT2D eigenvalue weighted by Crippen LogP contribution is -2.28. The molecular weight excluding hydrogens is 304 g/mol. The predicted molar refractivity (Wildman–Crippen MR) is 101 cm³/mol. The summed E-state index contributed by atoms with van der Waals surface area (Å²) < 4.78 is 0. The van der Waals surface area contributed by atoms with Crippen molar-refractivity contribution >= 4 is 11.9 Å². The van der Waals surface area contributed by atoms with Gasteiger partial charge >= 0.3 is 5.97 Å². The number of amides is 1. The largest absolute Gasteiger partial charge is 0.481 e. The highest BCUT2D eigenvalue weighted by Gasteiger charge is 2.18. The van der Waals surface area contributed by atoms with Crippen LogP contribution in [-0.2, 0) is 9.59 Å². The van der Waals surface area contributed by atoms with Crippen molar-refractivity contribution in [2.75, 3.05) is 13.1 Å². The fourth-order valence-corrected chi connectivity index (χ4v) is 1.90. The van der Waals surface area contributed by atoms with Crippen molar-refractivity contribution in [2.24, 2.45) is 11.1 Å². The van der Waals surface area contributed by atoms with E-state index in [0.717, 1.165) is 6.42 Å². The van der Waals surface area contributed by atoms with Crippen LogP contribution in [-0.4, -0.2) is 30.1 Å². The number of carbonyl (C=O) groups excluding carboxylic acids is 1. The highest BCUT2D eigenvalue weighted by molar-refractivity contribution is 5.75. The minimum Gasteiger partial charge on any atom is -0.481 e. The SMILES string of the molecule is CC(C)(C)C(=O)O.CCCCCCCCCCCC(=O)NCCN. The van der Waals surface area contributed by atoms with Crippen LogP contribution in [0.2, 0.25) is 0 Å². The van der Waals surface area contributed by atoms with Gasteiger partial charge in [0, 0.05) is 19.5 Å². The maximum absolute atomic E-state index is 11.2. The number of carboxylic acids is 1. The van der Waals surface area contributed by atoms with E-state index in [4.69, 9.17) is 10.8 Å². The summed E-state index contributed by atoms with van der Waals surface area (Å²) in [5, 5.41) is 11.0. The summed E-state index contributed by atoms with van der Waals surface area (Å²) in [7, 11) is 0. The number of carbonyl (C=O) groups is 2. The molecule has 0 aromatic carbocycles. The Balaban J connectivity index is 0. The van der Waals surface area contributed by atoms with Crippen LogP contribution in [0.15, 0.2) is 0 Å². The zero-order valence-corrected chi connectivity index (χ0v) is 16.3. The van der Waals surface area contributed by atoms with E-state index < -0.39 is 11.4 Å². The summed E-state index contributed by atoms with van der Waals surface area (Å²) in [6.45, 7) is 8.37. The van der Waals surface area contributed by atoms with Crippen LogP contribution < -0.4 is 11.1 Å². The fourth-order valence-electron chi connectivity index (χ4n) is 1.90. The van der Waals surface area contributed by atoms with Gasteiger partial charge in [-0.25, -0.2) is 0 Å². The van der Waals surface area contributed by atoms with E-state index in [9.17, 15) is 9.59 Å². The molecule has 0 aromatic heterocycles. The van der Waals surface area contributed by atoms with Gasteiger partial charge in [-0.05, 0) is 27.2 Å². The number of nitrogens with two attached hydrogens (primary N) is 1. The molecular formula is C19H40N2O3. The standard InChI is InChI=1S/C14H30N2O.C5H10O2/c1-2-3-4-5-6-7-8-9-10-11-14(17)16-13-12-15;1-5(2,3)4(6)7/h2-13,15H2,1H3,(H,16,17);1-3H3,(H,6,7). The highest BCUT2D eigenvalue weighted by atomic mass is 16.4. The van der Waals surface area contributed by atoms with Gasteiger partial charge in [0.15, 0.2) is 0 Å². The van der Waals surface area contributed by atoms with Crippen molar-refractivity contribution in [3.05, 3.63) is 0 Å². The molecule has 0 aliphatic heterocycles. The second kappa shape index (κ2) is 16.7. The second-order valence-electron chi connectivity index (χ2n) is 7.27. The molecule has 0 aliphatic carbocycles. The molecule has 0 saturated heterocycles. The van der Waals surface area contributed by atoms with Crippen molar-refractivity contribution in [3.8, 4) is 0 Å². The maximum Gasteiger partial charge on any atom is 0.308 e. The van der Waals surface area contributed by atoms with E-state index >= 15 is 0 Å². The summed E-state index contributed by atoms with van der Waals surface area (Å²) >= 11 is 0. The molecule has 0 heterocycles. The van der Waals surface area contributed by atoms with Crippen LogP contribution in [0.5, 0.6) is 0 Å². The Hall–Kier alpha value is -1.10. The van der Waals surface area contributed by atoms with E-state index in [2.05, 4.69) is 12.2 Å². The Morgan fingerprint density at radius 1 is 0.917 bits per heavy atom. The molecule has 5 nitrogen and oxygen atoms in total. The summed E-state index contributed by atoms with van der Waals surface area (Å²) in [6, 6.07) is 0. The van der Waals surface area contributed by atoms with Gasteiger partial charge in [-0.1, -0.05) is 58.3 Å². The second-order valence-corrected chi connectivity index (χ2v) is 7.27. The molecule has 0 spiro atoms. The predicted octanol–water partition coefficient (Wildman–Crippen LogP) is 4.10. The Morgan fingerprint density at radius 2 is 1.33 bits per heavy atom. The Bertz CT molecular complexity index is 312. The van der Waals surface area contributed by atoms with Crippen molar-refractivity contribution in [1.29, 1.82) is 0 Å². The number of aliphatic carboxylic acids is 1. The number of hydrogen-bond donors (Lipinski definition) is 3. The average Bonchev–Trinajstić information content (AvgIpc) is 2.51. The van der Waals surface area contributed by atoms with Crippen molar-refractivity contribution in [3.63, 3.8) is 0 Å². The maximum atomic E-state index is 11.2. The molecule has 0 aliphatic rings. The molecule has 0 radical (unpaired) electrons. The Labute approximate surface area is 148 Å². The average molecular weight is 345 g/mol. The molecule has 0 bridgehead atoms. The first-order valence-electron chi connectivity index (χ1n) is 9.45. The molecule has 24 heavy (non-hydrogen) atoms. The summed E-state index contributed by atoms with van der Waals surface area (Å²) in [5.41, 5.74) is 4.72.